The van der Waals surface area contributed by atoms with Crippen LogP contribution in [-0.4, -0.2) is 34.9 Å². The second-order valence-corrected chi connectivity index (χ2v) is 8.15. The molecule has 0 saturated carbocycles. The van der Waals surface area contributed by atoms with Gasteiger partial charge in [0.15, 0.2) is 0 Å². The van der Waals surface area contributed by atoms with E-state index in [0.717, 1.165) is 48.6 Å². The lowest BCUT2D eigenvalue weighted by Gasteiger charge is -2.48. The number of benzene rings is 1. The molecule has 5 nitrogen and oxygen atoms in total. The van der Waals surface area contributed by atoms with Crippen molar-refractivity contribution < 1.29 is 9.84 Å². The van der Waals surface area contributed by atoms with Crippen molar-refractivity contribution in [3.8, 4) is 6.07 Å². The highest BCUT2D eigenvalue weighted by molar-refractivity contribution is 5.56. The Labute approximate surface area is 166 Å². The molecule has 2 saturated heterocycles. The van der Waals surface area contributed by atoms with Crippen LogP contribution >= 0.6 is 0 Å². The molecule has 4 rings (SSSR count). The first-order valence-electron chi connectivity index (χ1n) is 10.0. The van der Waals surface area contributed by atoms with Crippen LogP contribution in [0, 0.1) is 25.2 Å². The summed E-state index contributed by atoms with van der Waals surface area (Å²) < 4.78 is 6.58. The largest absolute Gasteiger partial charge is 0.393 e. The third kappa shape index (κ3) is 3.63. The summed E-state index contributed by atoms with van der Waals surface area (Å²) in [5.74, 6) is 0.774. The highest BCUT2D eigenvalue weighted by Crippen LogP contribution is 2.43. The summed E-state index contributed by atoms with van der Waals surface area (Å²) in [5.41, 5.74) is 3.46. The summed E-state index contributed by atoms with van der Waals surface area (Å²) in [6.45, 7) is 5.52. The van der Waals surface area contributed by atoms with E-state index >= 15 is 0 Å². The molecular weight excluding hydrogens is 350 g/mol. The lowest BCUT2D eigenvalue weighted by Crippen LogP contribution is -2.51. The standard InChI is InChI=1S/C23H27N3O2/c1-16-12-19(15-24)22(25-17(16)2)26-10-8-23(9-11-26)14-20(27)13-21(28-23)18-6-4-3-5-7-18/h3-7,12,20-21,27H,8-11,13-14H2,1-2H3/t20-,21-/m1/s1. The van der Waals surface area contributed by atoms with Crippen LogP contribution in [-0.2, 0) is 4.74 Å². The van der Waals surface area contributed by atoms with Crippen LogP contribution in [0.4, 0.5) is 5.82 Å². The Bertz CT molecular complexity index is 883. The predicted octanol–water partition coefficient (Wildman–Crippen LogP) is 3.82. The molecule has 5 heteroatoms. The number of hydrogen-bond acceptors (Lipinski definition) is 5. The van der Waals surface area contributed by atoms with Crippen LogP contribution < -0.4 is 4.90 Å². The van der Waals surface area contributed by atoms with E-state index in [2.05, 4.69) is 23.1 Å². The zero-order valence-electron chi connectivity index (χ0n) is 16.6. The number of aromatic nitrogens is 1. The van der Waals surface area contributed by atoms with E-state index in [0.29, 0.717) is 18.4 Å². The highest BCUT2D eigenvalue weighted by Gasteiger charge is 2.44. The molecule has 1 aromatic carbocycles. The SMILES string of the molecule is Cc1cc(C#N)c(N2CCC3(CC2)C[C@H](O)C[C@H](c2ccccc2)O3)nc1C. The molecule has 28 heavy (non-hydrogen) atoms. The maximum absolute atomic E-state index is 10.5. The van der Waals surface area contributed by atoms with Gasteiger partial charge in [-0.25, -0.2) is 4.98 Å². The third-order valence-corrected chi connectivity index (χ3v) is 6.20. The molecule has 0 bridgehead atoms. The molecule has 2 fully saturated rings. The highest BCUT2D eigenvalue weighted by atomic mass is 16.5. The van der Waals surface area contributed by atoms with Crippen LogP contribution in [0.3, 0.4) is 0 Å². The van der Waals surface area contributed by atoms with Crippen LogP contribution in [0.25, 0.3) is 0 Å². The van der Waals surface area contributed by atoms with Gasteiger partial charge in [0.25, 0.3) is 0 Å². The number of aliphatic hydroxyl groups excluding tert-OH is 1. The number of rotatable bonds is 2. The Morgan fingerprint density at radius 3 is 2.61 bits per heavy atom. The number of aliphatic hydroxyl groups is 1. The summed E-state index contributed by atoms with van der Waals surface area (Å²) in [6.07, 6.45) is 2.56. The molecule has 2 aliphatic rings. The number of aryl methyl sites for hydroxylation is 2. The summed E-state index contributed by atoms with van der Waals surface area (Å²) >= 11 is 0. The minimum absolute atomic E-state index is 0.0640. The van der Waals surface area contributed by atoms with Gasteiger partial charge in [0.05, 0.1) is 23.4 Å². The number of nitrogens with zero attached hydrogens (tertiary/aromatic N) is 3. The zero-order valence-corrected chi connectivity index (χ0v) is 16.6. The van der Waals surface area contributed by atoms with Crippen molar-refractivity contribution in [2.45, 2.75) is 57.3 Å². The van der Waals surface area contributed by atoms with Gasteiger partial charge < -0.3 is 14.7 Å². The first-order chi connectivity index (χ1) is 13.5. The summed E-state index contributed by atoms with van der Waals surface area (Å²) in [5, 5.41) is 20.1. The van der Waals surface area contributed by atoms with Crippen molar-refractivity contribution in [1.29, 1.82) is 5.26 Å². The van der Waals surface area contributed by atoms with E-state index in [1.807, 2.05) is 38.1 Å². The predicted molar refractivity (Wildman–Crippen MR) is 108 cm³/mol. The van der Waals surface area contributed by atoms with Crippen molar-refractivity contribution in [3.05, 3.63) is 58.8 Å². The molecule has 146 valence electrons. The molecule has 0 aliphatic carbocycles. The summed E-state index contributed by atoms with van der Waals surface area (Å²) in [4.78, 5) is 6.88. The minimum Gasteiger partial charge on any atom is -0.393 e. The monoisotopic (exact) mass is 377 g/mol. The second kappa shape index (κ2) is 7.54. The minimum atomic E-state index is -0.347. The van der Waals surface area contributed by atoms with Crippen molar-refractivity contribution >= 4 is 5.82 Å². The average Bonchev–Trinajstić information content (AvgIpc) is 2.70. The fourth-order valence-corrected chi connectivity index (χ4v) is 4.49. The molecule has 1 spiro atoms. The molecule has 2 atom stereocenters. The van der Waals surface area contributed by atoms with Crippen molar-refractivity contribution in [2.24, 2.45) is 0 Å². The van der Waals surface area contributed by atoms with E-state index in [9.17, 15) is 10.4 Å². The fourth-order valence-electron chi connectivity index (χ4n) is 4.49. The van der Waals surface area contributed by atoms with Crippen molar-refractivity contribution in [2.75, 3.05) is 18.0 Å². The van der Waals surface area contributed by atoms with Crippen LogP contribution in [0.1, 0.15) is 54.2 Å². The van der Waals surface area contributed by atoms with Crippen LogP contribution in [0.2, 0.25) is 0 Å². The number of anilines is 1. The van der Waals surface area contributed by atoms with Gasteiger partial charge in [-0.2, -0.15) is 5.26 Å². The van der Waals surface area contributed by atoms with E-state index in [-0.39, 0.29) is 17.8 Å². The first-order valence-corrected chi connectivity index (χ1v) is 10.0. The number of piperidine rings is 1. The molecule has 2 aromatic rings. The second-order valence-electron chi connectivity index (χ2n) is 8.15. The van der Waals surface area contributed by atoms with Gasteiger partial charge in [0, 0.05) is 31.6 Å². The smallest absolute Gasteiger partial charge is 0.146 e. The normalized spacial score (nSPS) is 24.1. The van der Waals surface area contributed by atoms with Gasteiger partial charge in [-0.1, -0.05) is 30.3 Å². The number of nitriles is 1. The Morgan fingerprint density at radius 2 is 1.93 bits per heavy atom. The van der Waals surface area contributed by atoms with Gasteiger partial charge in [-0.3, -0.25) is 0 Å². The molecule has 1 N–H and O–H groups in total. The van der Waals surface area contributed by atoms with E-state index in [1.165, 1.54) is 0 Å². The van der Waals surface area contributed by atoms with Crippen LogP contribution in [0.5, 0.6) is 0 Å². The Morgan fingerprint density at radius 1 is 1.21 bits per heavy atom. The van der Waals surface area contributed by atoms with Crippen LogP contribution in [0.15, 0.2) is 36.4 Å². The fraction of sp³-hybridized carbons (Fsp3) is 0.478. The topological polar surface area (TPSA) is 69.4 Å². The lowest BCUT2D eigenvalue weighted by molar-refractivity contribution is -0.173. The summed E-state index contributed by atoms with van der Waals surface area (Å²) in [7, 11) is 0. The molecule has 0 unspecified atom stereocenters. The third-order valence-electron chi connectivity index (χ3n) is 6.20. The molecule has 2 aliphatic heterocycles. The van der Waals surface area contributed by atoms with E-state index < -0.39 is 0 Å². The van der Waals surface area contributed by atoms with Gasteiger partial charge >= 0.3 is 0 Å². The van der Waals surface area contributed by atoms with Gasteiger partial charge in [-0.15, -0.1) is 0 Å². The summed E-state index contributed by atoms with van der Waals surface area (Å²) in [6, 6.07) is 14.4. The number of ether oxygens (including phenoxy) is 1. The number of pyridine rings is 1. The molecule has 1 aromatic heterocycles. The Hall–Kier alpha value is -2.42. The molecular formula is C23H27N3O2. The zero-order chi connectivity index (χ0) is 19.7. The van der Waals surface area contributed by atoms with Gasteiger partial charge in [0.2, 0.25) is 0 Å². The average molecular weight is 377 g/mol. The van der Waals surface area contributed by atoms with E-state index in [1.54, 1.807) is 0 Å². The maximum Gasteiger partial charge on any atom is 0.146 e. The van der Waals surface area contributed by atoms with Gasteiger partial charge in [-0.05, 0) is 43.9 Å². The lowest BCUT2D eigenvalue weighted by atomic mass is 9.81. The Balaban J connectivity index is 1.52. The van der Waals surface area contributed by atoms with Gasteiger partial charge in [0.1, 0.15) is 11.9 Å². The van der Waals surface area contributed by atoms with Crippen molar-refractivity contribution in [1.82, 2.24) is 4.98 Å². The molecule has 0 radical (unpaired) electrons. The molecule has 3 heterocycles. The maximum atomic E-state index is 10.5. The Kier molecular flexibility index (Phi) is 5.09. The quantitative estimate of drug-likeness (QED) is 0.862. The van der Waals surface area contributed by atoms with Crippen molar-refractivity contribution in [3.63, 3.8) is 0 Å². The first kappa shape index (κ1) is 18.9. The number of hydrogen-bond donors (Lipinski definition) is 1. The van der Waals surface area contributed by atoms with E-state index in [4.69, 9.17) is 9.72 Å². The molecule has 0 amide bonds.